The molecule has 0 saturated carbocycles. The average Bonchev–Trinajstić information content (AvgIpc) is 2.63. The number of carbonyl (C=O) groups excluding carboxylic acids is 1. The number of likely N-dealkylation sites (tertiary alicyclic amines) is 1. The lowest BCUT2D eigenvalue weighted by Crippen LogP contribution is -2.44. The van der Waals surface area contributed by atoms with Gasteiger partial charge in [-0.05, 0) is 53.6 Å². The van der Waals surface area contributed by atoms with E-state index in [1.807, 2.05) is 22.6 Å². The Balaban J connectivity index is 2.31. The summed E-state index contributed by atoms with van der Waals surface area (Å²) >= 11 is 1.90. The lowest BCUT2D eigenvalue weighted by molar-refractivity contribution is -0.142. The Hall–Kier alpha value is -1.18. The molecule has 1 fully saturated rings. The van der Waals surface area contributed by atoms with Gasteiger partial charge >= 0.3 is 5.97 Å². The van der Waals surface area contributed by atoms with E-state index in [0.29, 0.717) is 22.1 Å². The van der Waals surface area contributed by atoms with Crippen LogP contribution in [0.2, 0.25) is 0 Å². The number of benzene rings is 1. The SMILES string of the molecule is O=C(O)C1CCCCCN1C(=O)c1ccc(F)cc1I. The van der Waals surface area contributed by atoms with E-state index < -0.39 is 17.8 Å². The van der Waals surface area contributed by atoms with Crippen LogP contribution in [0.5, 0.6) is 0 Å². The molecule has 1 unspecified atom stereocenters. The van der Waals surface area contributed by atoms with Crippen LogP contribution in [0.3, 0.4) is 0 Å². The summed E-state index contributed by atoms with van der Waals surface area (Å²) < 4.78 is 13.6. The van der Waals surface area contributed by atoms with E-state index in [-0.39, 0.29) is 5.91 Å². The van der Waals surface area contributed by atoms with E-state index >= 15 is 0 Å². The van der Waals surface area contributed by atoms with E-state index in [2.05, 4.69) is 0 Å². The zero-order valence-electron chi connectivity index (χ0n) is 10.8. The number of halogens is 2. The van der Waals surface area contributed by atoms with Crippen LogP contribution in [-0.4, -0.2) is 34.5 Å². The fourth-order valence-electron chi connectivity index (χ4n) is 2.43. The van der Waals surface area contributed by atoms with Crippen LogP contribution in [0.1, 0.15) is 36.0 Å². The number of carboxylic acid groups (broad SMARTS) is 1. The Bertz CT molecular complexity index is 535. The highest BCUT2D eigenvalue weighted by molar-refractivity contribution is 14.1. The first-order chi connectivity index (χ1) is 9.50. The molecule has 6 heteroatoms. The minimum absolute atomic E-state index is 0.330. The third-order valence-electron chi connectivity index (χ3n) is 3.46. The summed E-state index contributed by atoms with van der Waals surface area (Å²) in [5, 5.41) is 9.29. The molecule has 1 aliphatic rings. The summed E-state index contributed by atoms with van der Waals surface area (Å²) in [6.45, 7) is 0.434. The van der Waals surface area contributed by atoms with E-state index in [4.69, 9.17) is 0 Å². The van der Waals surface area contributed by atoms with Crippen molar-refractivity contribution in [2.45, 2.75) is 31.7 Å². The second kappa shape index (κ2) is 6.51. The molecule has 0 aromatic heterocycles. The Labute approximate surface area is 130 Å². The van der Waals surface area contributed by atoms with Gasteiger partial charge in [-0.2, -0.15) is 0 Å². The maximum atomic E-state index is 13.1. The van der Waals surface area contributed by atoms with E-state index in [1.54, 1.807) is 0 Å². The van der Waals surface area contributed by atoms with Crippen LogP contribution in [0.4, 0.5) is 4.39 Å². The van der Waals surface area contributed by atoms with Crippen molar-refractivity contribution in [2.75, 3.05) is 6.54 Å². The van der Waals surface area contributed by atoms with Gasteiger partial charge in [-0.25, -0.2) is 9.18 Å². The predicted molar refractivity (Wildman–Crippen MR) is 80.0 cm³/mol. The minimum Gasteiger partial charge on any atom is -0.480 e. The summed E-state index contributed by atoms with van der Waals surface area (Å²) in [5.74, 6) is -1.71. The highest BCUT2D eigenvalue weighted by Crippen LogP contribution is 2.22. The largest absolute Gasteiger partial charge is 0.480 e. The van der Waals surface area contributed by atoms with Crippen molar-refractivity contribution >= 4 is 34.5 Å². The van der Waals surface area contributed by atoms with Crippen LogP contribution in [0.25, 0.3) is 0 Å². The maximum absolute atomic E-state index is 13.1. The van der Waals surface area contributed by atoms with E-state index in [9.17, 15) is 19.1 Å². The molecule has 1 aromatic carbocycles. The summed E-state index contributed by atoms with van der Waals surface area (Å²) in [7, 11) is 0. The molecule has 108 valence electrons. The van der Waals surface area contributed by atoms with Gasteiger partial charge < -0.3 is 10.0 Å². The Morgan fingerprint density at radius 3 is 2.70 bits per heavy atom. The fourth-order valence-corrected chi connectivity index (χ4v) is 3.13. The Morgan fingerprint density at radius 2 is 2.05 bits per heavy atom. The first-order valence-corrected chi connectivity index (χ1v) is 7.57. The number of amides is 1. The topological polar surface area (TPSA) is 57.6 Å². The normalized spacial score (nSPS) is 19.5. The lowest BCUT2D eigenvalue weighted by atomic mass is 10.1. The molecule has 2 rings (SSSR count). The molecule has 4 nitrogen and oxygen atoms in total. The van der Waals surface area contributed by atoms with Crippen molar-refractivity contribution in [3.8, 4) is 0 Å². The van der Waals surface area contributed by atoms with Crippen LogP contribution < -0.4 is 0 Å². The molecule has 1 aromatic rings. The van der Waals surface area contributed by atoms with Crippen molar-refractivity contribution in [1.29, 1.82) is 0 Å². The number of aliphatic carboxylic acids is 1. The molecule has 0 radical (unpaired) electrons. The zero-order valence-corrected chi connectivity index (χ0v) is 13.0. The number of carboxylic acids is 1. The zero-order chi connectivity index (χ0) is 14.7. The van der Waals surface area contributed by atoms with Crippen LogP contribution in [0.15, 0.2) is 18.2 Å². The van der Waals surface area contributed by atoms with Gasteiger partial charge in [-0.15, -0.1) is 0 Å². The van der Waals surface area contributed by atoms with Gasteiger partial charge in [0.1, 0.15) is 11.9 Å². The van der Waals surface area contributed by atoms with Gasteiger partial charge in [0.05, 0.1) is 5.56 Å². The number of hydrogen-bond donors (Lipinski definition) is 1. The number of nitrogens with zero attached hydrogens (tertiary/aromatic N) is 1. The summed E-state index contributed by atoms with van der Waals surface area (Å²) in [4.78, 5) is 25.3. The molecule has 1 aliphatic heterocycles. The van der Waals surface area contributed by atoms with Gasteiger partial charge in [-0.1, -0.05) is 12.8 Å². The van der Waals surface area contributed by atoms with Gasteiger partial charge in [0.2, 0.25) is 0 Å². The highest BCUT2D eigenvalue weighted by Gasteiger charge is 2.31. The molecule has 1 amide bonds. The lowest BCUT2D eigenvalue weighted by Gasteiger charge is -2.27. The van der Waals surface area contributed by atoms with Gasteiger partial charge in [0, 0.05) is 10.1 Å². The number of carbonyl (C=O) groups is 2. The van der Waals surface area contributed by atoms with Gasteiger partial charge in [0.15, 0.2) is 0 Å². The van der Waals surface area contributed by atoms with Gasteiger partial charge in [0.25, 0.3) is 5.91 Å². The van der Waals surface area contributed by atoms with Crippen molar-refractivity contribution < 1.29 is 19.1 Å². The Kier molecular flexibility index (Phi) is 4.95. The van der Waals surface area contributed by atoms with E-state index in [0.717, 1.165) is 19.3 Å². The number of rotatable bonds is 2. The molecule has 1 saturated heterocycles. The molecular weight excluding hydrogens is 376 g/mol. The smallest absolute Gasteiger partial charge is 0.326 e. The maximum Gasteiger partial charge on any atom is 0.326 e. The van der Waals surface area contributed by atoms with Crippen molar-refractivity contribution in [1.82, 2.24) is 4.90 Å². The molecule has 0 bridgehead atoms. The molecule has 0 aliphatic carbocycles. The predicted octanol–water partition coefficient (Wildman–Crippen LogP) is 2.90. The quantitative estimate of drug-likeness (QED) is 0.789. The van der Waals surface area contributed by atoms with Crippen molar-refractivity contribution in [3.63, 3.8) is 0 Å². The summed E-state index contributed by atoms with van der Waals surface area (Å²) in [5.41, 5.74) is 0.361. The number of hydrogen-bond acceptors (Lipinski definition) is 2. The fraction of sp³-hybridized carbons (Fsp3) is 0.429. The molecule has 1 atom stereocenters. The minimum atomic E-state index is -0.975. The summed E-state index contributed by atoms with van der Waals surface area (Å²) in [6, 6.07) is 3.14. The molecule has 0 spiro atoms. The van der Waals surface area contributed by atoms with E-state index in [1.165, 1.54) is 23.1 Å². The van der Waals surface area contributed by atoms with Crippen molar-refractivity contribution in [3.05, 3.63) is 33.1 Å². The monoisotopic (exact) mass is 391 g/mol. The third-order valence-corrected chi connectivity index (χ3v) is 4.35. The third kappa shape index (κ3) is 3.28. The molecule has 1 N–H and O–H groups in total. The standard InChI is InChI=1S/C14H15FINO3/c15-9-5-6-10(11(16)8-9)13(18)17-7-3-1-2-4-12(17)14(19)20/h5-6,8,12H,1-4,7H2,(H,19,20). The second-order valence-electron chi connectivity index (χ2n) is 4.83. The van der Waals surface area contributed by atoms with Crippen LogP contribution in [0, 0.1) is 9.39 Å². The van der Waals surface area contributed by atoms with Crippen LogP contribution >= 0.6 is 22.6 Å². The average molecular weight is 391 g/mol. The van der Waals surface area contributed by atoms with Crippen molar-refractivity contribution in [2.24, 2.45) is 0 Å². The Morgan fingerprint density at radius 1 is 1.30 bits per heavy atom. The second-order valence-corrected chi connectivity index (χ2v) is 5.99. The molecule has 1 heterocycles. The van der Waals surface area contributed by atoms with Crippen LogP contribution in [-0.2, 0) is 4.79 Å². The molecular formula is C14H15FINO3. The first-order valence-electron chi connectivity index (χ1n) is 6.49. The summed E-state index contributed by atoms with van der Waals surface area (Å²) in [6.07, 6.45) is 3.00. The molecule has 20 heavy (non-hydrogen) atoms. The highest BCUT2D eigenvalue weighted by atomic mass is 127. The first kappa shape index (κ1) is 15.2. The van der Waals surface area contributed by atoms with Gasteiger partial charge in [-0.3, -0.25) is 4.79 Å².